The number of alkyl halides is 3. The topological polar surface area (TPSA) is 68.2 Å². The first kappa shape index (κ1) is 26.9. The van der Waals surface area contributed by atoms with E-state index in [0.29, 0.717) is 19.1 Å². The van der Waals surface area contributed by atoms with E-state index < -0.39 is 17.6 Å². The van der Waals surface area contributed by atoms with Gasteiger partial charge in [0.2, 0.25) is 5.88 Å². The first-order valence-corrected chi connectivity index (χ1v) is 10.8. The summed E-state index contributed by atoms with van der Waals surface area (Å²) in [7, 11) is 1.69. The van der Waals surface area contributed by atoms with Crippen LogP contribution in [0, 0.1) is 0 Å². The standard InChI is InChI=1S/C21H31F3N4O3.HI/c1-25-20(27-10-14-30-19-18(21(22,23)24)6-4-9-26-19)28-11-7-16(8-12-28)31-15-17-5-2-3-13-29-17;/h4,6,9,16-17H,2-3,5,7-8,10-15H2,1H3,(H,25,27);1H. The molecule has 7 nitrogen and oxygen atoms in total. The molecule has 0 saturated carbocycles. The number of hydrogen-bond acceptors (Lipinski definition) is 5. The molecule has 1 atom stereocenters. The maximum absolute atomic E-state index is 13.0. The Morgan fingerprint density at radius 2 is 2.06 bits per heavy atom. The molecule has 32 heavy (non-hydrogen) atoms. The molecule has 182 valence electrons. The van der Waals surface area contributed by atoms with Crippen LogP contribution < -0.4 is 10.1 Å². The molecule has 1 aromatic rings. The number of guanidine groups is 1. The van der Waals surface area contributed by atoms with Crippen molar-refractivity contribution in [2.24, 2.45) is 4.99 Å². The number of likely N-dealkylation sites (tertiary alicyclic amines) is 1. The minimum atomic E-state index is -4.50. The van der Waals surface area contributed by atoms with E-state index in [1.165, 1.54) is 18.7 Å². The number of nitrogens with zero attached hydrogens (tertiary/aromatic N) is 3. The lowest BCUT2D eigenvalue weighted by Gasteiger charge is -2.35. The largest absolute Gasteiger partial charge is 0.475 e. The molecule has 11 heteroatoms. The Morgan fingerprint density at radius 1 is 1.28 bits per heavy atom. The molecule has 1 N–H and O–H groups in total. The minimum absolute atomic E-state index is 0. The predicted octanol–water partition coefficient (Wildman–Crippen LogP) is 3.72. The average Bonchev–Trinajstić information content (AvgIpc) is 2.78. The molecule has 3 heterocycles. The van der Waals surface area contributed by atoms with Gasteiger partial charge >= 0.3 is 6.18 Å². The zero-order valence-corrected chi connectivity index (χ0v) is 20.6. The Bertz CT molecular complexity index is 710. The Balaban J connectivity index is 0.00000363. The number of halogens is 4. The first-order chi connectivity index (χ1) is 15.0. The first-order valence-electron chi connectivity index (χ1n) is 10.8. The van der Waals surface area contributed by atoms with Gasteiger partial charge in [0.1, 0.15) is 12.2 Å². The molecule has 0 amide bonds. The highest BCUT2D eigenvalue weighted by atomic mass is 127. The Kier molecular flexibility index (Phi) is 11.3. The number of piperidine rings is 1. The minimum Gasteiger partial charge on any atom is -0.475 e. The van der Waals surface area contributed by atoms with E-state index in [1.54, 1.807) is 7.05 Å². The van der Waals surface area contributed by atoms with Gasteiger partial charge in [-0.25, -0.2) is 4.98 Å². The maximum Gasteiger partial charge on any atom is 0.421 e. The third kappa shape index (κ3) is 8.22. The van der Waals surface area contributed by atoms with E-state index in [-0.39, 0.29) is 42.8 Å². The fraction of sp³-hybridized carbons (Fsp3) is 0.714. The summed E-state index contributed by atoms with van der Waals surface area (Å²) in [5.74, 6) is 0.293. The van der Waals surface area contributed by atoms with Gasteiger partial charge in [0.05, 0.1) is 25.4 Å². The van der Waals surface area contributed by atoms with Gasteiger partial charge in [-0.1, -0.05) is 0 Å². The Morgan fingerprint density at radius 3 is 2.72 bits per heavy atom. The second-order valence-corrected chi connectivity index (χ2v) is 7.68. The van der Waals surface area contributed by atoms with Crippen LogP contribution in [-0.4, -0.2) is 74.6 Å². The van der Waals surface area contributed by atoms with E-state index in [0.717, 1.165) is 51.4 Å². The quantitative estimate of drug-likeness (QED) is 0.233. The van der Waals surface area contributed by atoms with E-state index in [2.05, 4.69) is 20.2 Å². The molecule has 0 aromatic carbocycles. The van der Waals surface area contributed by atoms with Gasteiger partial charge in [-0.15, -0.1) is 24.0 Å². The second kappa shape index (κ2) is 13.4. The zero-order chi connectivity index (χ0) is 22.1. The molecule has 1 aromatic heterocycles. The average molecular weight is 572 g/mol. The van der Waals surface area contributed by atoms with E-state index in [9.17, 15) is 13.2 Å². The smallest absolute Gasteiger partial charge is 0.421 e. The number of aliphatic imine (C=N–C) groups is 1. The molecular formula is C21H32F3IN4O3. The zero-order valence-electron chi connectivity index (χ0n) is 18.3. The molecule has 3 rings (SSSR count). The highest BCUT2D eigenvalue weighted by molar-refractivity contribution is 14.0. The lowest BCUT2D eigenvalue weighted by Crippen LogP contribution is -2.48. The summed E-state index contributed by atoms with van der Waals surface area (Å²) < 4.78 is 56.0. The molecular weight excluding hydrogens is 540 g/mol. The van der Waals surface area contributed by atoms with E-state index in [4.69, 9.17) is 14.2 Å². The van der Waals surface area contributed by atoms with Crippen LogP contribution in [0.5, 0.6) is 5.88 Å². The molecule has 0 spiro atoms. The Labute approximate surface area is 204 Å². The van der Waals surface area contributed by atoms with Gasteiger partial charge in [0.15, 0.2) is 5.96 Å². The lowest BCUT2D eigenvalue weighted by atomic mass is 10.1. The number of hydrogen-bond donors (Lipinski definition) is 1. The van der Waals surface area contributed by atoms with Crippen LogP contribution >= 0.6 is 24.0 Å². The monoisotopic (exact) mass is 572 g/mol. The normalized spacial score (nSPS) is 20.6. The molecule has 2 aliphatic rings. The van der Waals surface area contributed by atoms with E-state index >= 15 is 0 Å². The van der Waals surface area contributed by atoms with Crippen LogP contribution in [0.3, 0.4) is 0 Å². The third-order valence-corrected chi connectivity index (χ3v) is 5.45. The van der Waals surface area contributed by atoms with Crippen LogP contribution in [0.1, 0.15) is 37.7 Å². The van der Waals surface area contributed by atoms with Crippen molar-refractivity contribution in [3.05, 3.63) is 23.9 Å². The highest BCUT2D eigenvalue weighted by Gasteiger charge is 2.35. The van der Waals surface area contributed by atoms with Gasteiger partial charge in [0.25, 0.3) is 0 Å². The van der Waals surface area contributed by atoms with Crippen molar-refractivity contribution in [2.45, 2.75) is 50.5 Å². The van der Waals surface area contributed by atoms with Gasteiger partial charge in [-0.05, 0) is 44.2 Å². The van der Waals surface area contributed by atoms with Crippen LogP contribution in [0.15, 0.2) is 23.3 Å². The second-order valence-electron chi connectivity index (χ2n) is 7.68. The fourth-order valence-electron chi connectivity index (χ4n) is 3.78. The summed E-state index contributed by atoms with van der Waals surface area (Å²) in [5.41, 5.74) is -0.875. The van der Waals surface area contributed by atoms with Crippen LogP contribution in [0.25, 0.3) is 0 Å². The highest BCUT2D eigenvalue weighted by Crippen LogP contribution is 2.34. The number of aromatic nitrogens is 1. The van der Waals surface area contributed by atoms with Gasteiger partial charge in [0, 0.05) is 32.9 Å². The van der Waals surface area contributed by atoms with Crippen molar-refractivity contribution < 1.29 is 27.4 Å². The molecule has 2 saturated heterocycles. The maximum atomic E-state index is 13.0. The molecule has 0 aliphatic carbocycles. The molecule has 2 aliphatic heterocycles. The molecule has 0 bridgehead atoms. The van der Waals surface area contributed by atoms with Gasteiger partial charge in [-0.3, -0.25) is 4.99 Å². The SMILES string of the molecule is CN=C(NCCOc1ncccc1C(F)(F)F)N1CCC(OCC2CCCCO2)CC1.I. The molecule has 1 unspecified atom stereocenters. The molecule has 2 fully saturated rings. The summed E-state index contributed by atoms with van der Waals surface area (Å²) in [5, 5.41) is 3.15. The summed E-state index contributed by atoms with van der Waals surface area (Å²) in [6, 6.07) is 2.20. The van der Waals surface area contributed by atoms with Crippen molar-refractivity contribution in [3.8, 4) is 5.88 Å². The van der Waals surface area contributed by atoms with Crippen molar-refractivity contribution in [3.63, 3.8) is 0 Å². The van der Waals surface area contributed by atoms with Crippen LogP contribution in [0.2, 0.25) is 0 Å². The summed E-state index contributed by atoms with van der Waals surface area (Å²) >= 11 is 0. The van der Waals surface area contributed by atoms with Crippen molar-refractivity contribution in [1.82, 2.24) is 15.2 Å². The third-order valence-electron chi connectivity index (χ3n) is 5.45. The number of ether oxygens (including phenoxy) is 3. The van der Waals surface area contributed by atoms with Crippen LogP contribution in [-0.2, 0) is 15.7 Å². The fourth-order valence-corrected chi connectivity index (χ4v) is 3.78. The van der Waals surface area contributed by atoms with Crippen molar-refractivity contribution in [1.29, 1.82) is 0 Å². The van der Waals surface area contributed by atoms with Gasteiger partial charge < -0.3 is 24.4 Å². The number of pyridine rings is 1. The van der Waals surface area contributed by atoms with Crippen molar-refractivity contribution in [2.75, 3.05) is 46.5 Å². The summed E-state index contributed by atoms with van der Waals surface area (Å²) in [6.45, 7) is 3.44. The summed E-state index contributed by atoms with van der Waals surface area (Å²) in [4.78, 5) is 10.1. The van der Waals surface area contributed by atoms with Crippen LogP contribution in [0.4, 0.5) is 13.2 Å². The number of nitrogens with one attached hydrogen (secondary N) is 1. The van der Waals surface area contributed by atoms with E-state index in [1.807, 2.05) is 0 Å². The Hall–Kier alpha value is -1.34. The summed E-state index contributed by atoms with van der Waals surface area (Å²) in [6.07, 6.45) is 2.42. The van der Waals surface area contributed by atoms with Gasteiger partial charge in [-0.2, -0.15) is 13.2 Å². The predicted molar refractivity (Wildman–Crippen MR) is 126 cm³/mol. The number of rotatable bonds is 7. The lowest BCUT2D eigenvalue weighted by molar-refractivity contribution is -0.139. The van der Waals surface area contributed by atoms with Crippen molar-refractivity contribution >= 4 is 29.9 Å². The molecule has 0 radical (unpaired) electrons.